The second-order valence-electron chi connectivity index (χ2n) is 7.19. The molecule has 9 heteroatoms. The molecule has 1 aromatic rings. The third kappa shape index (κ3) is 1.86. The SMILES string of the molecule is Cc1c(N2C[C@H]3[C@H]4CC(N=O)[C@H](C4)[C@@]3(N)S2(=O)=O)ccc(C#N)c1Cl. The number of hydrogen-bond acceptors (Lipinski definition) is 6. The Labute approximate surface area is 150 Å². The van der Waals surface area contributed by atoms with Crippen molar-refractivity contribution in [2.24, 2.45) is 28.7 Å². The first-order valence-electron chi connectivity index (χ1n) is 8.10. The largest absolute Gasteiger partial charge is 0.310 e. The highest BCUT2D eigenvalue weighted by Crippen LogP contribution is 2.61. The van der Waals surface area contributed by atoms with Crippen LogP contribution in [0.4, 0.5) is 5.69 Å². The summed E-state index contributed by atoms with van der Waals surface area (Å²) in [6.07, 6.45) is 1.24. The van der Waals surface area contributed by atoms with Crippen LogP contribution in [0.2, 0.25) is 5.02 Å². The van der Waals surface area contributed by atoms with E-state index in [1.54, 1.807) is 13.0 Å². The first kappa shape index (κ1) is 16.8. The topological polar surface area (TPSA) is 117 Å². The Morgan fingerprint density at radius 2 is 2.12 bits per heavy atom. The zero-order valence-electron chi connectivity index (χ0n) is 13.5. The quantitative estimate of drug-likeness (QED) is 0.788. The number of rotatable bonds is 2. The molecule has 2 N–H and O–H groups in total. The summed E-state index contributed by atoms with van der Waals surface area (Å²) in [4.78, 5) is 9.64. The molecular formula is C16H17ClN4O3S. The molecule has 2 saturated carbocycles. The van der Waals surface area contributed by atoms with Crippen LogP contribution in [-0.4, -0.2) is 25.9 Å². The van der Waals surface area contributed by atoms with Gasteiger partial charge in [-0.2, -0.15) is 10.2 Å². The smallest absolute Gasteiger partial charge is 0.254 e. The first-order chi connectivity index (χ1) is 11.8. The summed E-state index contributed by atoms with van der Waals surface area (Å²) in [6, 6.07) is 4.56. The van der Waals surface area contributed by atoms with E-state index in [0.29, 0.717) is 29.7 Å². The Balaban J connectivity index is 1.83. The van der Waals surface area contributed by atoms with E-state index in [4.69, 9.17) is 22.6 Å². The van der Waals surface area contributed by atoms with E-state index in [-0.39, 0.29) is 23.4 Å². The van der Waals surface area contributed by atoms with E-state index in [0.717, 1.165) is 0 Å². The van der Waals surface area contributed by atoms with Crippen molar-refractivity contribution >= 4 is 27.3 Å². The van der Waals surface area contributed by atoms with Gasteiger partial charge >= 0.3 is 0 Å². The highest BCUT2D eigenvalue weighted by Gasteiger charge is 2.72. The lowest BCUT2D eigenvalue weighted by molar-refractivity contribution is 0.250. The predicted octanol–water partition coefficient (Wildman–Crippen LogP) is 2.12. The Kier molecular flexibility index (Phi) is 3.46. The van der Waals surface area contributed by atoms with Crippen molar-refractivity contribution in [3.63, 3.8) is 0 Å². The van der Waals surface area contributed by atoms with Crippen LogP contribution in [0.3, 0.4) is 0 Å². The maximum atomic E-state index is 13.3. The molecule has 1 unspecified atom stereocenters. The number of halogens is 1. The van der Waals surface area contributed by atoms with Gasteiger partial charge in [-0.15, -0.1) is 0 Å². The molecule has 25 heavy (non-hydrogen) atoms. The highest BCUT2D eigenvalue weighted by molar-refractivity contribution is 7.94. The molecule has 3 aliphatic rings. The molecule has 132 valence electrons. The van der Waals surface area contributed by atoms with Crippen LogP contribution >= 0.6 is 11.6 Å². The van der Waals surface area contributed by atoms with E-state index in [1.165, 1.54) is 10.4 Å². The minimum absolute atomic E-state index is 0.0895. The van der Waals surface area contributed by atoms with Crippen LogP contribution in [-0.2, 0) is 10.0 Å². The Hall–Kier alpha value is -1.69. The van der Waals surface area contributed by atoms with Gasteiger partial charge in [0.1, 0.15) is 10.9 Å². The lowest BCUT2D eigenvalue weighted by atomic mass is 9.82. The summed E-state index contributed by atoms with van der Waals surface area (Å²) < 4.78 is 27.9. The van der Waals surface area contributed by atoms with E-state index >= 15 is 0 Å². The Bertz CT molecular complexity index is 928. The monoisotopic (exact) mass is 380 g/mol. The maximum absolute atomic E-state index is 13.3. The summed E-state index contributed by atoms with van der Waals surface area (Å²) in [6.45, 7) is 1.96. The molecule has 5 atom stereocenters. The molecular weight excluding hydrogens is 364 g/mol. The third-order valence-corrected chi connectivity index (χ3v) is 9.19. The summed E-state index contributed by atoms with van der Waals surface area (Å²) in [5, 5.41) is 12.4. The maximum Gasteiger partial charge on any atom is 0.254 e. The van der Waals surface area contributed by atoms with Crippen molar-refractivity contribution in [1.82, 2.24) is 0 Å². The lowest BCUT2D eigenvalue weighted by Gasteiger charge is -2.35. The van der Waals surface area contributed by atoms with Gasteiger partial charge in [-0.3, -0.25) is 4.31 Å². The molecule has 1 aromatic carbocycles. The van der Waals surface area contributed by atoms with Gasteiger partial charge in [0.25, 0.3) is 10.0 Å². The standard InChI is InChI=1S/C16H17ClN4O3S/c1-8-14(3-2-9(6-18)15(8)17)21-7-12-10-4-11(13(5-10)20-22)16(12,19)25(21,23)24/h2-3,10-13H,4-5,7,19H2,1H3/t10-,11+,12+,13?,16-/m1/s1. The Morgan fingerprint density at radius 1 is 1.40 bits per heavy atom. The predicted molar refractivity (Wildman–Crippen MR) is 93.4 cm³/mol. The normalized spacial score (nSPS) is 37.8. The van der Waals surface area contributed by atoms with Crippen molar-refractivity contribution in [3.05, 3.63) is 33.2 Å². The number of sulfonamides is 1. The van der Waals surface area contributed by atoms with Crippen molar-refractivity contribution in [1.29, 1.82) is 5.26 Å². The van der Waals surface area contributed by atoms with Crippen LogP contribution in [0.25, 0.3) is 0 Å². The van der Waals surface area contributed by atoms with Crippen LogP contribution in [0.5, 0.6) is 0 Å². The van der Waals surface area contributed by atoms with E-state index in [2.05, 4.69) is 5.18 Å². The number of nitrogens with two attached hydrogens (primary N) is 1. The number of nitroso groups, excluding NO2 is 1. The van der Waals surface area contributed by atoms with Gasteiger partial charge < -0.3 is 5.73 Å². The van der Waals surface area contributed by atoms with Crippen molar-refractivity contribution in [2.75, 3.05) is 10.8 Å². The molecule has 0 spiro atoms. The molecule has 1 saturated heterocycles. The number of benzene rings is 1. The third-order valence-electron chi connectivity index (χ3n) is 6.28. The van der Waals surface area contributed by atoms with Gasteiger partial charge in [-0.25, -0.2) is 8.42 Å². The molecule has 3 fully saturated rings. The van der Waals surface area contributed by atoms with Crippen molar-refractivity contribution in [2.45, 2.75) is 30.7 Å². The van der Waals surface area contributed by atoms with Crippen molar-refractivity contribution < 1.29 is 8.42 Å². The minimum atomic E-state index is -3.88. The van der Waals surface area contributed by atoms with Gasteiger partial charge in [0.05, 0.1) is 22.3 Å². The van der Waals surface area contributed by atoms with Crippen LogP contribution in [0, 0.1) is 40.9 Å². The summed E-state index contributed by atoms with van der Waals surface area (Å²) in [5.74, 6) is -0.579. The summed E-state index contributed by atoms with van der Waals surface area (Å²) >= 11 is 6.21. The molecule has 1 aliphatic heterocycles. The first-order valence-corrected chi connectivity index (χ1v) is 9.92. The van der Waals surface area contributed by atoms with Crippen molar-refractivity contribution in [3.8, 4) is 6.07 Å². The second-order valence-corrected chi connectivity index (χ2v) is 9.67. The van der Waals surface area contributed by atoms with Gasteiger partial charge in [-0.05, 0) is 43.4 Å². The van der Waals surface area contributed by atoms with E-state index in [1.807, 2.05) is 6.07 Å². The number of anilines is 1. The van der Waals surface area contributed by atoms with Crippen LogP contribution < -0.4 is 10.0 Å². The number of nitriles is 1. The zero-order chi connectivity index (χ0) is 18.1. The van der Waals surface area contributed by atoms with E-state index in [9.17, 15) is 13.3 Å². The van der Waals surface area contributed by atoms with Crippen LogP contribution in [0.1, 0.15) is 24.0 Å². The minimum Gasteiger partial charge on any atom is -0.310 e. The molecule has 0 amide bonds. The summed E-state index contributed by atoms with van der Waals surface area (Å²) in [7, 11) is -3.88. The molecule has 0 radical (unpaired) electrons. The molecule has 2 aliphatic carbocycles. The second kappa shape index (κ2) is 5.16. The van der Waals surface area contributed by atoms with E-state index < -0.39 is 26.9 Å². The average Bonchev–Trinajstić information content (AvgIpc) is 3.18. The molecule has 1 heterocycles. The van der Waals surface area contributed by atoms with Gasteiger partial charge in [0.15, 0.2) is 0 Å². The molecule has 7 nitrogen and oxygen atoms in total. The number of hydrogen-bond donors (Lipinski definition) is 1. The van der Waals surface area contributed by atoms with Gasteiger partial charge in [0.2, 0.25) is 0 Å². The lowest BCUT2D eigenvalue weighted by Crippen LogP contribution is -2.58. The van der Waals surface area contributed by atoms with Crippen LogP contribution in [0.15, 0.2) is 17.3 Å². The molecule has 2 bridgehead atoms. The molecule has 4 rings (SSSR count). The number of fused-ring (bicyclic) bond motifs is 5. The zero-order valence-corrected chi connectivity index (χ0v) is 15.1. The number of nitrogens with zero attached hydrogens (tertiary/aromatic N) is 3. The fourth-order valence-corrected chi connectivity index (χ4v) is 7.71. The van der Waals surface area contributed by atoms with Gasteiger partial charge in [0, 0.05) is 18.4 Å². The van der Waals surface area contributed by atoms with Gasteiger partial charge in [-0.1, -0.05) is 16.8 Å². The Morgan fingerprint density at radius 3 is 2.76 bits per heavy atom. The highest BCUT2D eigenvalue weighted by atomic mass is 35.5. The fourth-order valence-electron chi connectivity index (χ4n) is 5.03. The average molecular weight is 381 g/mol. The summed E-state index contributed by atoms with van der Waals surface area (Å²) in [5.41, 5.74) is 7.73. The fraction of sp³-hybridized carbons (Fsp3) is 0.562. The molecule has 0 aromatic heterocycles.